The van der Waals surface area contributed by atoms with Gasteiger partial charge >= 0.3 is 12.2 Å². The minimum atomic E-state index is -1.49. The number of amides is 2. The number of carbonyl (C=O) groups is 3. The van der Waals surface area contributed by atoms with Gasteiger partial charge in [0.15, 0.2) is 0 Å². The molecule has 4 rings (SSSR count). The summed E-state index contributed by atoms with van der Waals surface area (Å²) in [6.45, 7) is 6.27. The average molecular weight is 502 g/mol. The maximum absolute atomic E-state index is 13.2. The molecule has 0 atom stereocenters. The molecule has 2 aliphatic heterocycles. The van der Waals surface area contributed by atoms with Crippen molar-refractivity contribution in [2.24, 2.45) is 0 Å². The molecule has 0 aliphatic carbocycles. The SMILES string of the molecule is CN1CCN(c2ccc(C(=O)Nc3c4c(nn3C(=O)O)C(C)(C)CN(C(=O)O)C4)c([N+](=O)[O-])c2)CC1. The van der Waals surface area contributed by atoms with E-state index in [1.165, 1.54) is 12.1 Å². The van der Waals surface area contributed by atoms with Crippen molar-refractivity contribution >= 4 is 35.3 Å². The van der Waals surface area contributed by atoms with Gasteiger partial charge in [0.05, 0.1) is 17.2 Å². The summed E-state index contributed by atoms with van der Waals surface area (Å²) in [6.07, 6.45) is -2.69. The predicted octanol–water partition coefficient (Wildman–Crippen LogP) is 2.09. The fourth-order valence-corrected chi connectivity index (χ4v) is 4.64. The van der Waals surface area contributed by atoms with Crippen molar-refractivity contribution in [2.75, 3.05) is 50.0 Å². The zero-order valence-corrected chi connectivity index (χ0v) is 20.1. The van der Waals surface area contributed by atoms with Gasteiger partial charge in [0.2, 0.25) is 0 Å². The Kier molecular flexibility index (Phi) is 6.30. The quantitative estimate of drug-likeness (QED) is 0.415. The Morgan fingerprint density at radius 3 is 2.36 bits per heavy atom. The lowest BCUT2D eigenvalue weighted by Gasteiger charge is -2.35. The standard InChI is InChI=1S/C22H27N7O7/c1-22(2)12-27(20(31)32)11-15-17(22)24-28(21(33)34)18(15)23-19(30)14-5-4-13(10-16(14)29(35)36)26-8-6-25(3)7-9-26/h4-5,10H,6-9,11-12H2,1-3H3,(H,23,30)(H,31,32)(H,33,34). The second-order valence-electron chi connectivity index (χ2n) is 9.60. The van der Waals surface area contributed by atoms with E-state index in [4.69, 9.17) is 0 Å². The third kappa shape index (κ3) is 4.54. The number of likely N-dealkylation sites (N-methyl/N-ethyl adjacent to an activating group) is 1. The van der Waals surface area contributed by atoms with E-state index in [9.17, 15) is 34.7 Å². The first-order chi connectivity index (χ1) is 16.9. The zero-order chi connectivity index (χ0) is 26.4. The molecule has 3 heterocycles. The first-order valence-electron chi connectivity index (χ1n) is 11.3. The van der Waals surface area contributed by atoms with E-state index in [2.05, 4.69) is 15.3 Å². The fraction of sp³-hybridized carbons (Fsp3) is 0.455. The van der Waals surface area contributed by atoms with Crippen LogP contribution in [0.15, 0.2) is 18.2 Å². The highest BCUT2D eigenvalue weighted by molar-refractivity contribution is 6.08. The van der Waals surface area contributed by atoms with Crippen LogP contribution < -0.4 is 10.2 Å². The number of nitro groups is 1. The van der Waals surface area contributed by atoms with E-state index in [0.717, 1.165) is 18.0 Å². The third-order valence-corrected chi connectivity index (χ3v) is 6.53. The van der Waals surface area contributed by atoms with Crippen molar-refractivity contribution in [3.8, 4) is 0 Å². The van der Waals surface area contributed by atoms with Crippen LogP contribution in [0.25, 0.3) is 0 Å². The molecule has 0 radical (unpaired) electrons. The van der Waals surface area contributed by atoms with Gasteiger partial charge in [0, 0.05) is 55.5 Å². The number of fused-ring (bicyclic) bond motifs is 1. The molecule has 2 aliphatic rings. The topological polar surface area (TPSA) is 174 Å². The molecule has 1 aromatic carbocycles. The molecule has 2 amide bonds. The molecule has 1 fully saturated rings. The summed E-state index contributed by atoms with van der Waals surface area (Å²) in [5.74, 6) is -1.14. The van der Waals surface area contributed by atoms with Gasteiger partial charge in [-0.3, -0.25) is 14.9 Å². The Hall–Kier alpha value is -4.20. The van der Waals surface area contributed by atoms with E-state index in [0.29, 0.717) is 29.2 Å². The molecule has 14 nitrogen and oxygen atoms in total. The average Bonchev–Trinajstić information content (AvgIpc) is 3.18. The number of piperazine rings is 1. The van der Waals surface area contributed by atoms with Crippen LogP contribution in [-0.2, 0) is 12.0 Å². The predicted molar refractivity (Wildman–Crippen MR) is 128 cm³/mol. The van der Waals surface area contributed by atoms with Gasteiger partial charge < -0.3 is 30.2 Å². The minimum Gasteiger partial charge on any atom is -0.465 e. The van der Waals surface area contributed by atoms with Crippen molar-refractivity contribution in [1.29, 1.82) is 0 Å². The highest BCUT2D eigenvalue weighted by Gasteiger charge is 2.40. The van der Waals surface area contributed by atoms with Crippen LogP contribution in [0, 0.1) is 10.1 Å². The second-order valence-corrected chi connectivity index (χ2v) is 9.60. The van der Waals surface area contributed by atoms with E-state index in [-0.39, 0.29) is 30.0 Å². The number of rotatable bonds is 4. The molecule has 0 unspecified atom stereocenters. The zero-order valence-electron chi connectivity index (χ0n) is 20.1. The number of nitro benzene ring substituents is 1. The molecule has 1 aromatic heterocycles. The normalized spacial score (nSPS) is 17.4. The largest absolute Gasteiger partial charge is 0.465 e. The third-order valence-electron chi connectivity index (χ3n) is 6.53. The van der Waals surface area contributed by atoms with Crippen molar-refractivity contribution in [3.05, 3.63) is 45.1 Å². The number of nitrogens with zero attached hydrogens (tertiary/aromatic N) is 6. The van der Waals surface area contributed by atoms with Gasteiger partial charge in [0.25, 0.3) is 11.6 Å². The van der Waals surface area contributed by atoms with Crippen LogP contribution in [0.3, 0.4) is 0 Å². The molecule has 0 saturated carbocycles. The maximum Gasteiger partial charge on any atom is 0.434 e. The molecular formula is C22H27N7O7. The van der Waals surface area contributed by atoms with Gasteiger partial charge in [-0.25, -0.2) is 9.59 Å². The summed E-state index contributed by atoms with van der Waals surface area (Å²) >= 11 is 0. The number of benzene rings is 1. The molecule has 0 bridgehead atoms. The van der Waals surface area contributed by atoms with E-state index in [1.807, 2.05) is 11.9 Å². The van der Waals surface area contributed by atoms with Gasteiger partial charge in [-0.05, 0) is 19.2 Å². The van der Waals surface area contributed by atoms with Crippen molar-refractivity contribution in [2.45, 2.75) is 25.8 Å². The van der Waals surface area contributed by atoms with E-state index < -0.39 is 34.1 Å². The van der Waals surface area contributed by atoms with Crippen LogP contribution in [0.5, 0.6) is 0 Å². The summed E-state index contributed by atoms with van der Waals surface area (Å²) < 4.78 is 0.570. The van der Waals surface area contributed by atoms with E-state index >= 15 is 0 Å². The van der Waals surface area contributed by atoms with Gasteiger partial charge in [0.1, 0.15) is 11.4 Å². The van der Waals surface area contributed by atoms with Gasteiger partial charge in [-0.15, -0.1) is 4.68 Å². The molecule has 192 valence electrons. The summed E-state index contributed by atoms with van der Waals surface area (Å²) in [6, 6.07) is 4.29. The van der Waals surface area contributed by atoms with Crippen LogP contribution in [0.2, 0.25) is 0 Å². The number of carboxylic acid groups (broad SMARTS) is 2. The number of nitrogens with one attached hydrogen (secondary N) is 1. The molecular weight excluding hydrogens is 474 g/mol. The highest BCUT2D eigenvalue weighted by atomic mass is 16.6. The van der Waals surface area contributed by atoms with Crippen molar-refractivity contribution in [3.63, 3.8) is 0 Å². The molecule has 0 spiro atoms. The summed E-state index contributed by atoms with van der Waals surface area (Å²) in [4.78, 5) is 53.2. The summed E-state index contributed by atoms with van der Waals surface area (Å²) in [7, 11) is 1.99. The van der Waals surface area contributed by atoms with Crippen LogP contribution >= 0.6 is 0 Å². The van der Waals surface area contributed by atoms with Crippen LogP contribution in [-0.4, -0.2) is 92.6 Å². The van der Waals surface area contributed by atoms with Crippen LogP contribution in [0.4, 0.5) is 26.8 Å². The Morgan fingerprint density at radius 1 is 1.11 bits per heavy atom. The number of aromatic nitrogens is 2. The van der Waals surface area contributed by atoms with E-state index in [1.54, 1.807) is 19.9 Å². The Balaban J connectivity index is 1.70. The van der Waals surface area contributed by atoms with Gasteiger partial charge in [-0.1, -0.05) is 13.8 Å². The lowest BCUT2D eigenvalue weighted by molar-refractivity contribution is -0.385. The molecule has 3 N–H and O–H groups in total. The van der Waals surface area contributed by atoms with Crippen molar-refractivity contribution < 1.29 is 29.5 Å². The first kappa shape index (κ1) is 24.9. The van der Waals surface area contributed by atoms with Crippen LogP contribution in [0.1, 0.15) is 35.5 Å². The minimum absolute atomic E-state index is 0.0819. The lowest BCUT2D eigenvalue weighted by Crippen LogP contribution is -2.44. The second kappa shape index (κ2) is 9.11. The maximum atomic E-state index is 13.2. The molecule has 36 heavy (non-hydrogen) atoms. The summed E-state index contributed by atoms with van der Waals surface area (Å²) in [5.41, 5.74) is -0.346. The molecule has 2 aromatic rings. The molecule has 1 saturated heterocycles. The Labute approximate surface area is 205 Å². The first-order valence-corrected chi connectivity index (χ1v) is 11.3. The Bertz CT molecular complexity index is 1250. The summed E-state index contributed by atoms with van der Waals surface area (Å²) in [5, 5.41) is 37.6. The lowest BCUT2D eigenvalue weighted by atomic mass is 9.83. The highest BCUT2D eigenvalue weighted by Crippen LogP contribution is 2.37. The Morgan fingerprint density at radius 2 is 1.78 bits per heavy atom. The number of hydrogen-bond acceptors (Lipinski definition) is 8. The number of hydrogen-bond donors (Lipinski definition) is 3. The number of anilines is 2. The monoisotopic (exact) mass is 501 g/mol. The molecule has 14 heteroatoms. The number of carbonyl (C=O) groups excluding carboxylic acids is 1. The fourth-order valence-electron chi connectivity index (χ4n) is 4.64. The van der Waals surface area contributed by atoms with Crippen molar-refractivity contribution in [1.82, 2.24) is 19.6 Å². The smallest absolute Gasteiger partial charge is 0.434 e. The van der Waals surface area contributed by atoms with Gasteiger partial charge in [-0.2, -0.15) is 5.10 Å².